The minimum atomic E-state index is -3.56. The maximum atomic E-state index is 12.7. The van der Waals surface area contributed by atoms with Gasteiger partial charge in [-0.25, -0.2) is 8.42 Å². The van der Waals surface area contributed by atoms with Crippen molar-refractivity contribution in [2.45, 2.75) is 31.7 Å². The van der Waals surface area contributed by atoms with Crippen molar-refractivity contribution in [3.63, 3.8) is 0 Å². The smallest absolute Gasteiger partial charge is 0.236 e. The van der Waals surface area contributed by atoms with Gasteiger partial charge in [-0.3, -0.25) is 4.90 Å². The number of nitrogens with zero attached hydrogens (tertiary/aromatic N) is 2. The van der Waals surface area contributed by atoms with Crippen LogP contribution in [-0.2, 0) is 27.9 Å². The molecule has 0 aliphatic carbocycles. The highest BCUT2D eigenvalue weighted by Crippen LogP contribution is 2.24. The van der Waals surface area contributed by atoms with Crippen LogP contribution in [0.5, 0.6) is 0 Å². The standard InChI is InChI=1S/C24H30N2O3S/c1-3-11-23-18-26(30(27,28)4-2)24(20-29-19-22-14-9-6-10-15-22)17-25(23)16-21-12-7-5-8-13-21/h3-10,12-15,23-24H,1-2,11,16-20H2/t23-,24?/m1/s1. The fraction of sp³-hybridized carbons (Fsp3) is 0.333. The molecule has 30 heavy (non-hydrogen) atoms. The van der Waals surface area contributed by atoms with E-state index in [1.165, 1.54) is 5.56 Å². The molecule has 1 heterocycles. The topological polar surface area (TPSA) is 49.9 Å². The zero-order valence-electron chi connectivity index (χ0n) is 17.3. The Kier molecular flexibility index (Phi) is 7.99. The lowest BCUT2D eigenvalue weighted by Crippen LogP contribution is -2.60. The summed E-state index contributed by atoms with van der Waals surface area (Å²) in [7, 11) is -3.56. The molecular formula is C24H30N2O3S. The van der Waals surface area contributed by atoms with Crippen molar-refractivity contribution in [2.24, 2.45) is 0 Å². The molecule has 1 aliphatic rings. The zero-order valence-corrected chi connectivity index (χ0v) is 18.1. The second kappa shape index (κ2) is 10.7. The van der Waals surface area contributed by atoms with Crippen molar-refractivity contribution in [3.05, 3.63) is 96.4 Å². The fourth-order valence-corrected chi connectivity index (χ4v) is 4.96. The van der Waals surface area contributed by atoms with Gasteiger partial charge in [0.1, 0.15) is 0 Å². The molecule has 1 saturated heterocycles. The first-order valence-electron chi connectivity index (χ1n) is 10.2. The minimum Gasteiger partial charge on any atom is -0.375 e. The van der Waals surface area contributed by atoms with Crippen molar-refractivity contribution < 1.29 is 13.2 Å². The number of hydrogen-bond acceptors (Lipinski definition) is 4. The third-order valence-electron chi connectivity index (χ3n) is 5.39. The summed E-state index contributed by atoms with van der Waals surface area (Å²) in [5.41, 5.74) is 2.27. The van der Waals surface area contributed by atoms with Crippen molar-refractivity contribution in [1.82, 2.24) is 9.21 Å². The Labute approximate surface area is 180 Å². The maximum absolute atomic E-state index is 12.7. The van der Waals surface area contributed by atoms with Crippen LogP contribution < -0.4 is 0 Å². The molecule has 0 spiro atoms. The molecule has 3 rings (SSSR count). The summed E-state index contributed by atoms with van der Waals surface area (Å²) in [6, 6.07) is 19.9. The lowest BCUT2D eigenvalue weighted by molar-refractivity contribution is 0.0131. The quantitative estimate of drug-likeness (QED) is 0.542. The Morgan fingerprint density at radius 3 is 2.17 bits per heavy atom. The van der Waals surface area contributed by atoms with Gasteiger partial charge < -0.3 is 4.74 Å². The van der Waals surface area contributed by atoms with Gasteiger partial charge in [0.05, 0.1) is 19.3 Å². The van der Waals surface area contributed by atoms with Crippen LogP contribution in [0.25, 0.3) is 0 Å². The summed E-state index contributed by atoms with van der Waals surface area (Å²) in [4.78, 5) is 2.34. The van der Waals surface area contributed by atoms with Crippen molar-refractivity contribution in [3.8, 4) is 0 Å². The predicted octanol–water partition coefficient (Wildman–Crippen LogP) is 3.81. The van der Waals surface area contributed by atoms with Gasteiger partial charge in [0.25, 0.3) is 0 Å². The molecule has 1 unspecified atom stereocenters. The second-order valence-electron chi connectivity index (χ2n) is 7.53. The summed E-state index contributed by atoms with van der Waals surface area (Å²) in [6.45, 7) is 9.92. The summed E-state index contributed by atoms with van der Waals surface area (Å²) in [5.74, 6) is 0. The number of piperazine rings is 1. The number of benzene rings is 2. The van der Waals surface area contributed by atoms with Gasteiger partial charge in [-0.15, -0.1) is 6.58 Å². The number of rotatable bonds is 10. The summed E-state index contributed by atoms with van der Waals surface area (Å²) >= 11 is 0. The number of hydrogen-bond donors (Lipinski definition) is 0. The van der Waals surface area contributed by atoms with Crippen LogP contribution >= 0.6 is 0 Å². The van der Waals surface area contributed by atoms with Gasteiger partial charge in [-0.05, 0) is 17.5 Å². The Balaban J connectivity index is 1.76. The SMILES string of the molecule is C=CC[C@@H]1CN(S(=O)(=O)C=C)C(COCc2ccccc2)CN1Cc1ccccc1. The van der Waals surface area contributed by atoms with E-state index in [2.05, 4.69) is 30.2 Å². The second-order valence-corrected chi connectivity index (χ2v) is 9.36. The Morgan fingerprint density at radius 2 is 1.57 bits per heavy atom. The van der Waals surface area contributed by atoms with Gasteiger partial charge in [0, 0.05) is 31.1 Å². The van der Waals surface area contributed by atoms with E-state index in [4.69, 9.17) is 4.74 Å². The molecule has 5 nitrogen and oxygen atoms in total. The van der Waals surface area contributed by atoms with E-state index in [-0.39, 0.29) is 12.1 Å². The molecule has 160 valence electrons. The Hall–Kier alpha value is -2.25. The maximum Gasteiger partial charge on any atom is 0.236 e. The van der Waals surface area contributed by atoms with Crippen LogP contribution in [0.3, 0.4) is 0 Å². The molecule has 2 aromatic carbocycles. The molecule has 0 amide bonds. The molecule has 1 fully saturated rings. The van der Waals surface area contributed by atoms with Gasteiger partial charge >= 0.3 is 0 Å². The van der Waals surface area contributed by atoms with Crippen LogP contribution in [0, 0.1) is 0 Å². The molecule has 1 aliphatic heterocycles. The molecule has 0 aromatic heterocycles. The van der Waals surface area contributed by atoms with E-state index in [0.717, 1.165) is 17.5 Å². The third kappa shape index (κ3) is 5.89. The zero-order chi connectivity index (χ0) is 21.4. The molecule has 2 aromatic rings. The lowest BCUT2D eigenvalue weighted by Gasteiger charge is -2.45. The lowest BCUT2D eigenvalue weighted by atomic mass is 10.0. The molecule has 0 N–H and O–H groups in total. The van der Waals surface area contributed by atoms with Crippen LogP contribution in [0.2, 0.25) is 0 Å². The van der Waals surface area contributed by atoms with E-state index >= 15 is 0 Å². The molecule has 0 radical (unpaired) electrons. The Morgan fingerprint density at radius 1 is 0.933 bits per heavy atom. The van der Waals surface area contributed by atoms with E-state index < -0.39 is 10.0 Å². The van der Waals surface area contributed by atoms with Crippen molar-refractivity contribution >= 4 is 10.0 Å². The predicted molar refractivity (Wildman–Crippen MR) is 121 cm³/mol. The molecular weight excluding hydrogens is 396 g/mol. The highest BCUT2D eigenvalue weighted by molar-refractivity contribution is 7.92. The van der Waals surface area contributed by atoms with Crippen LogP contribution in [-0.4, -0.2) is 49.4 Å². The van der Waals surface area contributed by atoms with E-state index in [0.29, 0.717) is 32.7 Å². The largest absolute Gasteiger partial charge is 0.375 e. The molecule has 0 bridgehead atoms. The van der Waals surface area contributed by atoms with Crippen LogP contribution in [0.4, 0.5) is 0 Å². The van der Waals surface area contributed by atoms with E-state index in [9.17, 15) is 8.42 Å². The normalized spacial score (nSPS) is 20.7. The first-order valence-corrected chi connectivity index (χ1v) is 11.7. The van der Waals surface area contributed by atoms with E-state index in [1.54, 1.807) is 4.31 Å². The average Bonchev–Trinajstić information content (AvgIpc) is 2.77. The minimum absolute atomic E-state index is 0.0582. The highest BCUT2D eigenvalue weighted by atomic mass is 32.2. The first kappa shape index (κ1) is 22.4. The number of ether oxygens (including phenoxy) is 1. The fourth-order valence-electron chi connectivity index (χ4n) is 3.84. The average molecular weight is 427 g/mol. The van der Waals surface area contributed by atoms with Gasteiger partial charge in [-0.2, -0.15) is 4.31 Å². The molecule has 2 atom stereocenters. The van der Waals surface area contributed by atoms with Crippen molar-refractivity contribution in [1.29, 1.82) is 0 Å². The summed E-state index contributed by atoms with van der Waals surface area (Å²) in [6.07, 6.45) is 2.57. The first-order chi connectivity index (χ1) is 14.5. The summed E-state index contributed by atoms with van der Waals surface area (Å²) in [5, 5.41) is 1.04. The summed E-state index contributed by atoms with van der Waals surface area (Å²) < 4.78 is 32.9. The van der Waals surface area contributed by atoms with Crippen LogP contribution in [0.15, 0.2) is 85.3 Å². The van der Waals surface area contributed by atoms with Gasteiger partial charge in [0.2, 0.25) is 10.0 Å². The van der Waals surface area contributed by atoms with Crippen molar-refractivity contribution in [2.75, 3.05) is 19.7 Å². The highest BCUT2D eigenvalue weighted by Gasteiger charge is 2.38. The molecule has 0 saturated carbocycles. The van der Waals surface area contributed by atoms with Gasteiger partial charge in [-0.1, -0.05) is 73.3 Å². The molecule has 6 heteroatoms. The van der Waals surface area contributed by atoms with Gasteiger partial charge in [0.15, 0.2) is 0 Å². The monoisotopic (exact) mass is 426 g/mol. The van der Waals surface area contributed by atoms with E-state index in [1.807, 2.05) is 54.6 Å². The Bertz CT molecular complexity index is 916. The van der Waals surface area contributed by atoms with Crippen LogP contribution in [0.1, 0.15) is 17.5 Å². The number of sulfonamides is 1. The third-order valence-corrected chi connectivity index (χ3v) is 6.91.